The van der Waals surface area contributed by atoms with E-state index >= 15 is 0 Å². The molecule has 0 bridgehead atoms. The predicted octanol–water partition coefficient (Wildman–Crippen LogP) is 1.09. The first kappa shape index (κ1) is 9.14. The van der Waals surface area contributed by atoms with E-state index in [2.05, 4.69) is 6.58 Å². The van der Waals surface area contributed by atoms with E-state index in [9.17, 15) is 4.21 Å². The summed E-state index contributed by atoms with van der Waals surface area (Å²) in [5.74, 6) is 0.749. The Morgan fingerprint density at radius 2 is 2.44 bits per heavy atom. The number of halogens is 1. The molecule has 0 aromatic carbocycles. The molecular weight excluding hydrogens is 160 g/mol. The molecule has 0 radical (unpaired) electrons. The molecule has 0 aromatic rings. The summed E-state index contributed by atoms with van der Waals surface area (Å²) in [4.78, 5) is 0. The van der Waals surface area contributed by atoms with Gasteiger partial charge in [0, 0.05) is 5.88 Å². The van der Waals surface area contributed by atoms with Crippen molar-refractivity contribution in [3.63, 3.8) is 0 Å². The second kappa shape index (κ2) is 6.26. The Balaban J connectivity index is 3.16. The zero-order valence-corrected chi connectivity index (χ0v) is 6.58. The van der Waals surface area contributed by atoms with Crippen LogP contribution in [-0.4, -0.2) is 22.4 Å². The van der Waals surface area contributed by atoms with Crippen LogP contribution in [0.4, 0.5) is 0 Å². The van der Waals surface area contributed by atoms with Crippen molar-refractivity contribution >= 4 is 22.7 Å². The summed E-state index contributed by atoms with van der Waals surface area (Å²) in [5, 5.41) is 0. The maximum Gasteiger partial charge on any atom is 0.156 e. The van der Waals surface area contributed by atoms with E-state index in [4.69, 9.17) is 15.8 Å². The first-order chi connectivity index (χ1) is 4.31. The lowest BCUT2D eigenvalue weighted by Crippen LogP contribution is -2.02. The molecule has 0 aliphatic carbocycles. The summed E-state index contributed by atoms with van der Waals surface area (Å²) >= 11 is 4.05. The fourth-order valence-corrected chi connectivity index (χ4v) is 1.12. The molecule has 0 amide bonds. The molecule has 0 heterocycles. The van der Waals surface area contributed by atoms with Crippen LogP contribution in [0.2, 0.25) is 0 Å². The van der Waals surface area contributed by atoms with Crippen LogP contribution in [0.3, 0.4) is 0 Å². The predicted molar refractivity (Wildman–Crippen MR) is 39.9 cm³/mol. The Bertz CT molecular complexity index is 105. The van der Waals surface area contributed by atoms with Crippen LogP contribution in [0.1, 0.15) is 0 Å². The van der Waals surface area contributed by atoms with Gasteiger partial charge >= 0.3 is 0 Å². The largest absolute Gasteiger partial charge is 0.286 e. The van der Waals surface area contributed by atoms with Gasteiger partial charge in [0.25, 0.3) is 0 Å². The van der Waals surface area contributed by atoms with Crippen LogP contribution in [0.15, 0.2) is 12.7 Å². The Kier molecular flexibility index (Phi) is 6.36. The van der Waals surface area contributed by atoms with Gasteiger partial charge in [-0.3, -0.25) is 4.18 Å². The monoisotopic (exact) mass is 168 g/mol. The Labute approximate surface area is 62.5 Å². The van der Waals surface area contributed by atoms with E-state index < -0.39 is 11.1 Å². The third kappa shape index (κ3) is 6.02. The molecule has 1 atom stereocenters. The normalized spacial score (nSPS) is 13.0. The van der Waals surface area contributed by atoms with E-state index in [1.807, 2.05) is 0 Å². The molecule has 0 rings (SSSR count). The molecule has 4 heteroatoms. The molecule has 0 N–H and O–H groups in total. The van der Waals surface area contributed by atoms with Crippen LogP contribution in [-0.2, 0) is 15.3 Å². The minimum atomic E-state index is -1.22. The lowest BCUT2D eigenvalue weighted by Gasteiger charge is -1.95. The molecule has 0 spiro atoms. The van der Waals surface area contributed by atoms with Gasteiger partial charge in [-0.15, -0.1) is 18.2 Å². The molecule has 0 aliphatic heterocycles. The van der Waals surface area contributed by atoms with Crippen LogP contribution in [0.25, 0.3) is 0 Å². The van der Waals surface area contributed by atoms with Gasteiger partial charge < -0.3 is 0 Å². The Morgan fingerprint density at radius 3 is 2.89 bits per heavy atom. The molecule has 0 aliphatic rings. The summed E-state index contributed by atoms with van der Waals surface area (Å²) in [6.07, 6.45) is 1.55. The molecule has 0 aromatic heterocycles. The molecule has 0 fully saturated rings. The highest BCUT2D eigenvalue weighted by molar-refractivity contribution is 7.80. The zero-order chi connectivity index (χ0) is 7.11. The first-order valence-electron chi connectivity index (χ1n) is 2.49. The fraction of sp³-hybridized carbons (Fsp3) is 0.600. The molecule has 54 valence electrons. The van der Waals surface area contributed by atoms with Crippen molar-refractivity contribution in [1.82, 2.24) is 0 Å². The van der Waals surface area contributed by atoms with Crippen molar-refractivity contribution in [1.29, 1.82) is 0 Å². The van der Waals surface area contributed by atoms with Crippen molar-refractivity contribution < 1.29 is 8.39 Å². The van der Waals surface area contributed by atoms with E-state index in [0.717, 1.165) is 0 Å². The lowest BCUT2D eigenvalue weighted by atomic mass is 10.7. The van der Waals surface area contributed by atoms with Gasteiger partial charge in [-0.25, -0.2) is 4.21 Å². The molecular formula is C5H9ClO2S. The third-order valence-electron chi connectivity index (χ3n) is 0.561. The highest BCUT2D eigenvalue weighted by atomic mass is 35.5. The van der Waals surface area contributed by atoms with Gasteiger partial charge in [0.2, 0.25) is 0 Å². The van der Waals surface area contributed by atoms with E-state index in [-0.39, 0.29) is 0 Å². The smallest absolute Gasteiger partial charge is 0.156 e. The van der Waals surface area contributed by atoms with Crippen molar-refractivity contribution in [2.75, 3.05) is 18.2 Å². The Morgan fingerprint density at radius 1 is 1.78 bits per heavy atom. The van der Waals surface area contributed by atoms with Crippen LogP contribution < -0.4 is 0 Å². The topological polar surface area (TPSA) is 26.3 Å². The van der Waals surface area contributed by atoms with Gasteiger partial charge in [-0.05, 0) is 0 Å². The summed E-state index contributed by atoms with van der Waals surface area (Å²) in [7, 11) is 0. The van der Waals surface area contributed by atoms with Gasteiger partial charge in [-0.1, -0.05) is 6.08 Å². The number of alkyl halides is 1. The molecule has 9 heavy (non-hydrogen) atoms. The maximum absolute atomic E-state index is 10.6. The highest BCUT2D eigenvalue weighted by Crippen LogP contribution is 1.87. The van der Waals surface area contributed by atoms with Crippen molar-refractivity contribution in [3.8, 4) is 0 Å². The van der Waals surface area contributed by atoms with Crippen molar-refractivity contribution in [3.05, 3.63) is 12.7 Å². The van der Waals surface area contributed by atoms with Gasteiger partial charge in [-0.2, -0.15) is 0 Å². The van der Waals surface area contributed by atoms with E-state index in [1.165, 1.54) is 0 Å². The minimum absolute atomic E-state index is 0.323. The highest BCUT2D eigenvalue weighted by Gasteiger charge is 1.94. The summed E-state index contributed by atoms with van der Waals surface area (Å²) in [6, 6.07) is 0. The quantitative estimate of drug-likeness (QED) is 0.454. The van der Waals surface area contributed by atoms with Gasteiger partial charge in [0.1, 0.15) is 0 Å². The number of hydrogen-bond acceptors (Lipinski definition) is 2. The average Bonchev–Trinajstić information content (AvgIpc) is 1.85. The maximum atomic E-state index is 10.6. The number of hydrogen-bond donors (Lipinski definition) is 0. The van der Waals surface area contributed by atoms with Crippen molar-refractivity contribution in [2.24, 2.45) is 0 Å². The van der Waals surface area contributed by atoms with Gasteiger partial charge in [0.15, 0.2) is 11.1 Å². The minimum Gasteiger partial charge on any atom is -0.286 e. The van der Waals surface area contributed by atoms with E-state index in [0.29, 0.717) is 18.2 Å². The lowest BCUT2D eigenvalue weighted by molar-refractivity contribution is 0.396. The Hall–Kier alpha value is 0.140. The summed E-state index contributed by atoms with van der Waals surface area (Å²) in [6.45, 7) is 3.72. The second-order valence-corrected chi connectivity index (χ2v) is 2.90. The SMILES string of the molecule is C=CCOS(=O)CCCl. The van der Waals surface area contributed by atoms with Crippen LogP contribution in [0.5, 0.6) is 0 Å². The van der Waals surface area contributed by atoms with E-state index in [1.54, 1.807) is 6.08 Å². The standard InChI is InChI=1S/C5H9ClO2S/c1-2-4-8-9(7)5-3-6/h2H,1,3-5H2. The number of rotatable bonds is 5. The molecule has 2 nitrogen and oxygen atoms in total. The summed E-state index contributed by atoms with van der Waals surface area (Å²) < 4.78 is 15.3. The molecule has 0 saturated heterocycles. The van der Waals surface area contributed by atoms with Gasteiger partial charge in [0.05, 0.1) is 12.4 Å². The first-order valence-corrected chi connectivity index (χ1v) is 4.27. The van der Waals surface area contributed by atoms with Crippen LogP contribution in [0, 0.1) is 0 Å². The summed E-state index contributed by atoms with van der Waals surface area (Å²) in [5.41, 5.74) is 0. The average molecular weight is 169 g/mol. The third-order valence-corrected chi connectivity index (χ3v) is 1.91. The zero-order valence-electron chi connectivity index (χ0n) is 5.01. The molecule has 1 unspecified atom stereocenters. The fourth-order valence-electron chi connectivity index (χ4n) is 0.246. The molecule has 0 saturated carbocycles. The van der Waals surface area contributed by atoms with Crippen LogP contribution >= 0.6 is 11.6 Å². The second-order valence-electron chi connectivity index (χ2n) is 1.27. The van der Waals surface area contributed by atoms with Crippen molar-refractivity contribution in [2.45, 2.75) is 0 Å².